The molecule has 0 aliphatic carbocycles. The van der Waals surface area contributed by atoms with E-state index in [2.05, 4.69) is 33.5 Å². The Morgan fingerprint density at radius 3 is 2.87 bits per heavy atom. The maximum atomic E-state index is 11.2. The molecule has 1 aromatic rings. The SMILES string of the molecule is NC(=S)CC(=O)NCCc1ccc(Br)s1. The van der Waals surface area contributed by atoms with Crippen LogP contribution < -0.4 is 11.1 Å². The number of thiophene rings is 1. The summed E-state index contributed by atoms with van der Waals surface area (Å²) in [6, 6.07) is 4.03. The fourth-order valence-corrected chi connectivity index (χ4v) is 2.65. The van der Waals surface area contributed by atoms with Gasteiger partial charge >= 0.3 is 0 Å². The number of rotatable bonds is 5. The maximum absolute atomic E-state index is 11.2. The molecule has 1 rings (SSSR count). The highest BCUT2D eigenvalue weighted by Gasteiger charge is 2.03. The van der Waals surface area contributed by atoms with Crippen LogP contribution in [0.4, 0.5) is 0 Å². The van der Waals surface area contributed by atoms with Gasteiger partial charge in [-0.2, -0.15) is 0 Å². The van der Waals surface area contributed by atoms with Gasteiger partial charge in [-0.3, -0.25) is 4.79 Å². The summed E-state index contributed by atoms with van der Waals surface area (Å²) in [4.78, 5) is 12.6. The second kappa shape index (κ2) is 6.19. The third-order valence-corrected chi connectivity index (χ3v) is 3.48. The van der Waals surface area contributed by atoms with E-state index in [4.69, 9.17) is 5.73 Å². The summed E-state index contributed by atoms with van der Waals surface area (Å²) in [6.45, 7) is 0.619. The topological polar surface area (TPSA) is 55.1 Å². The summed E-state index contributed by atoms with van der Waals surface area (Å²) in [7, 11) is 0. The van der Waals surface area contributed by atoms with Crippen molar-refractivity contribution >= 4 is 50.4 Å². The molecule has 1 aromatic heterocycles. The number of halogens is 1. The molecule has 0 unspecified atom stereocenters. The lowest BCUT2D eigenvalue weighted by atomic mass is 10.3. The molecule has 0 aliphatic rings. The Hall–Kier alpha value is -0.460. The number of nitrogens with two attached hydrogens (primary N) is 1. The largest absolute Gasteiger partial charge is 0.393 e. The zero-order valence-corrected chi connectivity index (χ0v) is 11.2. The van der Waals surface area contributed by atoms with Crippen LogP contribution in [0.1, 0.15) is 11.3 Å². The molecule has 15 heavy (non-hydrogen) atoms. The molecule has 0 atom stereocenters. The monoisotopic (exact) mass is 306 g/mol. The predicted octanol–water partition coefficient (Wildman–Crippen LogP) is 1.85. The van der Waals surface area contributed by atoms with Gasteiger partial charge in [0.15, 0.2) is 0 Å². The minimum Gasteiger partial charge on any atom is -0.393 e. The van der Waals surface area contributed by atoms with Gasteiger partial charge in [-0.05, 0) is 34.5 Å². The Labute approximate surface area is 106 Å². The molecule has 3 nitrogen and oxygen atoms in total. The minimum atomic E-state index is -0.113. The van der Waals surface area contributed by atoms with Crippen molar-refractivity contribution in [1.29, 1.82) is 0 Å². The highest BCUT2D eigenvalue weighted by molar-refractivity contribution is 9.11. The molecule has 3 N–H and O–H groups in total. The number of nitrogens with one attached hydrogen (secondary N) is 1. The molecule has 0 aromatic carbocycles. The van der Waals surface area contributed by atoms with E-state index in [0.29, 0.717) is 6.54 Å². The van der Waals surface area contributed by atoms with E-state index in [1.54, 1.807) is 11.3 Å². The standard InChI is InChI=1S/C9H11BrN2OS2/c10-7-2-1-6(15-7)3-4-12-9(13)5-8(11)14/h1-2H,3-5H2,(H2,11,14)(H,12,13). The van der Waals surface area contributed by atoms with Crippen molar-refractivity contribution in [3.8, 4) is 0 Å². The van der Waals surface area contributed by atoms with Crippen molar-refractivity contribution < 1.29 is 4.79 Å². The van der Waals surface area contributed by atoms with E-state index < -0.39 is 0 Å². The van der Waals surface area contributed by atoms with E-state index in [1.807, 2.05) is 12.1 Å². The number of carbonyl (C=O) groups is 1. The van der Waals surface area contributed by atoms with Crippen molar-refractivity contribution in [3.63, 3.8) is 0 Å². The van der Waals surface area contributed by atoms with E-state index >= 15 is 0 Å². The summed E-state index contributed by atoms with van der Waals surface area (Å²) >= 11 is 9.68. The van der Waals surface area contributed by atoms with Gasteiger partial charge in [-0.1, -0.05) is 12.2 Å². The summed E-state index contributed by atoms with van der Waals surface area (Å²) in [5.41, 5.74) is 5.25. The summed E-state index contributed by atoms with van der Waals surface area (Å²) in [5.74, 6) is -0.113. The molecule has 0 fully saturated rings. The number of hydrogen-bond donors (Lipinski definition) is 2. The highest BCUT2D eigenvalue weighted by Crippen LogP contribution is 2.21. The van der Waals surface area contributed by atoms with Crippen LogP contribution in [0.5, 0.6) is 0 Å². The zero-order chi connectivity index (χ0) is 11.3. The van der Waals surface area contributed by atoms with Crippen molar-refractivity contribution in [1.82, 2.24) is 5.32 Å². The van der Waals surface area contributed by atoms with Crippen LogP contribution in [0.3, 0.4) is 0 Å². The van der Waals surface area contributed by atoms with Crippen molar-refractivity contribution in [2.75, 3.05) is 6.54 Å². The lowest BCUT2D eigenvalue weighted by Crippen LogP contribution is -2.29. The number of hydrogen-bond acceptors (Lipinski definition) is 3. The fourth-order valence-electron chi connectivity index (χ4n) is 1.03. The van der Waals surface area contributed by atoms with Crippen LogP contribution in [0.15, 0.2) is 15.9 Å². The molecular weight excluding hydrogens is 296 g/mol. The smallest absolute Gasteiger partial charge is 0.226 e. The Balaban J connectivity index is 2.22. The molecule has 0 saturated carbocycles. The molecule has 82 valence electrons. The molecule has 0 radical (unpaired) electrons. The first-order chi connectivity index (χ1) is 7.08. The third-order valence-electron chi connectivity index (χ3n) is 1.66. The van der Waals surface area contributed by atoms with E-state index in [0.717, 1.165) is 10.2 Å². The number of carbonyl (C=O) groups excluding carboxylic acids is 1. The third kappa shape index (κ3) is 5.25. The lowest BCUT2D eigenvalue weighted by Gasteiger charge is -2.02. The van der Waals surface area contributed by atoms with Crippen molar-refractivity contribution in [2.24, 2.45) is 5.73 Å². The molecule has 6 heteroatoms. The lowest BCUT2D eigenvalue weighted by molar-refractivity contribution is -0.119. The van der Waals surface area contributed by atoms with E-state index in [9.17, 15) is 4.79 Å². The van der Waals surface area contributed by atoms with Crippen LogP contribution in [-0.2, 0) is 11.2 Å². The van der Waals surface area contributed by atoms with Crippen LogP contribution in [0, 0.1) is 0 Å². The van der Waals surface area contributed by atoms with Crippen molar-refractivity contribution in [3.05, 3.63) is 20.8 Å². The van der Waals surface area contributed by atoms with Crippen LogP contribution in [-0.4, -0.2) is 17.4 Å². The highest BCUT2D eigenvalue weighted by atomic mass is 79.9. The maximum Gasteiger partial charge on any atom is 0.226 e. The second-order valence-corrected chi connectivity index (χ2v) is 6.02. The van der Waals surface area contributed by atoms with Crippen LogP contribution in [0.25, 0.3) is 0 Å². The second-order valence-electron chi connectivity index (χ2n) is 2.95. The van der Waals surface area contributed by atoms with Gasteiger partial charge in [0.1, 0.15) is 0 Å². The molecule has 0 bridgehead atoms. The van der Waals surface area contributed by atoms with Gasteiger partial charge in [-0.25, -0.2) is 0 Å². The fraction of sp³-hybridized carbons (Fsp3) is 0.333. The van der Waals surface area contributed by atoms with Crippen LogP contribution in [0.2, 0.25) is 0 Å². The van der Waals surface area contributed by atoms with Crippen LogP contribution >= 0.6 is 39.5 Å². The van der Waals surface area contributed by atoms with Gasteiger partial charge in [-0.15, -0.1) is 11.3 Å². The average Bonchev–Trinajstić information content (AvgIpc) is 2.50. The average molecular weight is 307 g/mol. The minimum absolute atomic E-state index is 0.113. The first kappa shape index (κ1) is 12.6. The number of amides is 1. The van der Waals surface area contributed by atoms with Gasteiger partial charge in [0.05, 0.1) is 15.2 Å². The summed E-state index contributed by atoms with van der Waals surface area (Å²) in [6.07, 6.45) is 0.961. The van der Waals surface area contributed by atoms with Gasteiger partial charge in [0.2, 0.25) is 5.91 Å². The summed E-state index contributed by atoms with van der Waals surface area (Å²) < 4.78 is 1.10. The molecule has 1 heterocycles. The summed E-state index contributed by atoms with van der Waals surface area (Å²) in [5, 5.41) is 2.76. The molecule has 0 spiro atoms. The first-order valence-corrected chi connectivity index (χ1v) is 6.39. The normalized spacial score (nSPS) is 9.93. The zero-order valence-electron chi connectivity index (χ0n) is 7.96. The Morgan fingerprint density at radius 1 is 1.60 bits per heavy atom. The van der Waals surface area contributed by atoms with E-state index in [-0.39, 0.29) is 17.3 Å². The molecule has 1 amide bonds. The van der Waals surface area contributed by atoms with Gasteiger partial charge < -0.3 is 11.1 Å². The Morgan fingerprint density at radius 2 is 2.33 bits per heavy atom. The van der Waals surface area contributed by atoms with Gasteiger partial charge in [0.25, 0.3) is 0 Å². The number of thiocarbonyl (C=S) groups is 1. The van der Waals surface area contributed by atoms with Crippen molar-refractivity contribution in [2.45, 2.75) is 12.8 Å². The molecule has 0 aliphatic heterocycles. The molecule has 0 saturated heterocycles. The Kier molecular flexibility index (Phi) is 5.21. The van der Waals surface area contributed by atoms with Gasteiger partial charge in [0, 0.05) is 11.4 Å². The first-order valence-electron chi connectivity index (χ1n) is 4.37. The Bertz CT molecular complexity index is 365. The predicted molar refractivity (Wildman–Crippen MR) is 70.1 cm³/mol. The van der Waals surface area contributed by atoms with E-state index in [1.165, 1.54) is 4.88 Å². The quantitative estimate of drug-likeness (QED) is 0.816. The molecular formula is C9H11BrN2OS2.